The molecule has 9 nitrogen and oxygen atoms in total. The molecule has 2 aromatic rings. The van der Waals surface area contributed by atoms with Crippen molar-refractivity contribution in [1.82, 2.24) is 5.32 Å². The molecule has 3 rings (SSSR count). The highest BCUT2D eigenvalue weighted by atomic mass is 16.5. The maximum absolute atomic E-state index is 12.7. The molecule has 1 saturated heterocycles. The van der Waals surface area contributed by atoms with Gasteiger partial charge in [0.25, 0.3) is 5.91 Å². The number of nitrogens with zero attached hydrogens (tertiary/aromatic N) is 1. The van der Waals surface area contributed by atoms with Crippen molar-refractivity contribution in [1.29, 1.82) is 0 Å². The molecule has 186 valence electrons. The zero-order valence-electron chi connectivity index (χ0n) is 20.3. The number of anilines is 1. The Kier molecular flexibility index (Phi) is 8.59. The van der Waals surface area contributed by atoms with Crippen LogP contribution in [0.1, 0.15) is 47.4 Å². The second kappa shape index (κ2) is 11.6. The van der Waals surface area contributed by atoms with E-state index >= 15 is 0 Å². The van der Waals surface area contributed by atoms with Crippen LogP contribution in [0.5, 0.6) is 11.5 Å². The van der Waals surface area contributed by atoms with Crippen molar-refractivity contribution in [2.45, 2.75) is 32.7 Å². The second-order valence-corrected chi connectivity index (χ2v) is 8.36. The van der Waals surface area contributed by atoms with Crippen molar-refractivity contribution in [2.24, 2.45) is 5.92 Å². The second-order valence-electron chi connectivity index (χ2n) is 8.36. The van der Waals surface area contributed by atoms with Crippen LogP contribution in [-0.4, -0.2) is 57.0 Å². The van der Waals surface area contributed by atoms with Gasteiger partial charge in [-0.15, -0.1) is 0 Å². The fourth-order valence-electron chi connectivity index (χ4n) is 3.60. The number of hydrogen-bond acceptors (Lipinski definition) is 8. The van der Waals surface area contributed by atoms with Crippen LogP contribution in [0.2, 0.25) is 0 Å². The van der Waals surface area contributed by atoms with E-state index in [4.69, 9.17) is 14.2 Å². The first-order valence-corrected chi connectivity index (χ1v) is 11.4. The number of ketones is 1. The highest BCUT2D eigenvalue weighted by Crippen LogP contribution is 2.28. The summed E-state index contributed by atoms with van der Waals surface area (Å²) >= 11 is 0. The van der Waals surface area contributed by atoms with Crippen molar-refractivity contribution >= 4 is 29.3 Å². The van der Waals surface area contributed by atoms with E-state index in [1.54, 1.807) is 12.1 Å². The average Bonchev–Trinajstić information content (AvgIpc) is 3.17. The van der Waals surface area contributed by atoms with Gasteiger partial charge < -0.3 is 19.5 Å². The third-order valence-electron chi connectivity index (χ3n) is 5.96. The number of benzene rings is 2. The van der Waals surface area contributed by atoms with Crippen LogP contribution in [0.15, 0.2) is 42.5 Å². The lowest BCUT2D eigenvalue weighted by Crippen LogP contribution is -2.40. The molecular formula is C26H30N2O7. The van der Waals surface area contributed by atoms with Gasteiger partial charge in [0.05, 0.1) is 37.9 Å². The monoisotopic (exact) mass is 482 g/mol. The number of amides is 2. The van der Waals surface area contributed by atoms with E-state index in [9.17, 15) is 19.2 Å². The summed E-state index contributed by atoms with van der Waals surface area (Å²) in [5.41, 5.74) is 0.888. The van der Waals surface area contributed by atoms with E-state index < -0.39 is 24.4 Å². The van der Waals surface area contributed by atoms with E-state index in [-0.39, 0.29) is 23.8 Å². The molecule has 2 atom stereocenters. The zero-order chi connectivity index (χ0) is 25.5. The molecule has 0 spiro atoms. The van der Waals surface area contributed by atoms with E-state index in [0.717, 1.165) is 11.3 Å². The van der Waals surface area contributed by atoms with Crippen LogP contribution in [0.3, 0.4) is 0 Å². The Morgan fingerprint density at radius 3 is 2.31 bits per heavy atom. The Morgan fingerprint density at radius 2 is 1.69 bits per heavy atom. The Balaban J connectivity index is 1.59. The van der Waals surface area contributed by atoms with Gasteiger partial charge in [0.15, 0.2) is 23.9 Å². The molecule has 0 aromatic heterocycles. The van der Waals surface area contributed by atoms with Gasteiger partial charge in [0.2, 0.25) is 5.91 Å². The largest absolute Gasteiger partial charge is 0.493 e. The number of esters is 1. The quantitative estimate of drug-likeness (QED) is 0.296. The van der Waals surface area contributed by atoms with Crippen molar-refractivity contribution in [3.63, 3.8) is 0 Å². The van der Waals surface area contributed by atoms with Crippen LogP contribution >= 0.6 is 0 Å². The molecule has 1 heterocycles. The molecular weight excluding hydrogens is 452 g/mol. The van der Waals surface area contributed by atoms with Crippen LogP contribution in [0.4, 0.5) is 5.69 Å². The predicted molar refractivity (Wildman–Crippen MR) is 129 cm³/mol. The summed E-state index contributed by atoms with van der Waals surface area (Å²) < 4.78 is 15.5. The first kappa shape index (κ1) is 25.9. The van der Waals surface area contributed by atoms with Gasteiger partial charge in [-0.05, 0) is 54.9 Å². The molecule has 1 aliphatic heterocycles. The van der Waals surface area contributed by atoms with Gasteiger partial charge in [-0.2, -0.15) is 0 Å². The number of rotatable bonds is 11. The molecule has 2 unspecified atom stereocenters. The lowest BCUT2D eigenvalue weighted by molar-refractivity contribution is -0.121. The Labute approximate surface area is 204 Å². The van der Waals surface area contributed by atoms with Crippen LogP contribution in [-0.2, 0) is 14.3 Å². The van der Waals surface area contributed by atoms with Gasteiger partial charge in [-0.25, -0.2) is 9.69 Å². The number of Topliss-reactive ketones (excluding diaryl/α,β-unsaturated/α-hetero) is 1. The zero-order valence-corrected chi connectivity index (χ0v) is 20.3. The fourth-order valence-corrected chi connectivity index (χ4v) is 3.60. The van der Waals surface area contributed by atoms with Crippen molar-refractivity contribution in [3.05, 3.63) is 53.6 Å². The summed E-state index contributed by atoms with van der Waals surface area (Å²) in [4.78, 5) is 51.2. The van der Waals surface area contributed by atoms with Gasteiger partial charge in [0.1, 0.15) is 0 Å². The first-order chi connectivity index (χ1) is 16.8. The molecule has 2 amide bonds. The van der Waals surface area contributed by atoms with Crippen LogP contribution < -0.4 is 19.7 Å². The number of ether oxygens (including phenoxy) is 3. The molecule has 1 aliphatic rings. The molecule has 0 saturated carbocycles. The summed E-state index contributed by atoms with van der Waals surface area (Å²) in [5, 5.41) is 3.16. The van der Waals surface area contributed by atoms with Gasteiger partial charge >= 0.3 is 5.97 Å². The lowest BCUT2D eigenvalue weighted by Gasteiger charge is -2.17. The van der Waals surface area contributed by atoms with E-state index in [2.05, 4.69) is 19.2 Å². The summed E-state index contributed by atoms with van der Waals surface area (Å²) in [6, 6.07) is 10.1. The summed E-state index contributed by atoms with van der Waals surface area (Å²) in [6.45, 7) is 4.34. The van der Waals surface area contributed by atoms with Crippen LogP contribution in [0, 0.1) is 5.92 Å². The smallest absolute Gasteiger partial charge is 0.338 e. The molecule has 1 fully saturated rings. The fraction of sp³-hybridized carbons (Fsp3) is 0.385. The molecule has 0 aliphatic carbocycles. The minimum Gasteiger partial charge on any atom is -0.493 e. The van der Waals surface area contributed by atoms with Crippen LogP contribution in [0.25, 0.3) is 0 Å². The summed E-state index contributed by atoms with van der Waals surface area (Å²) in [6.07, 6.45) is 1.07. The molecule has 1 N–H and O–H groups in total. The predicted octanol–water partition coefficient (Wildman–Crippen LogP) is 3.01. The Morgan fingerprint density at radius 1 is 1.03 bits per heavy atom. The van der Waals surface area contributed by atoms with Gasteiger partial charge in [-0.1, -0.05) is 20.3 Å². The summed E-state index contributed by atoms with van der Waals surface area (Å²) in [5.74, 6) is -0.438. The number of hydrogen-bond donors (Lipinski definition) is 1. The molecule has 0 radical (unpaired) electrons. The standard InChI is InChI=1S/C26H30N2O7/c1-5-16(2)14-27-20-13-24(30)28(25(20)31)19-9-6-17(7-10-19)26(32)35-15-21(29)18-8-11-22(33-3)23(12-18)34-4/h6-12,16,20,27H,5,13-15H2,1-4H3. The van der Waals surface area contributed by atoms with Crippen molar-refractivity contribution in [2.75, 3.05) is 32.3 Å². The number of imide groups is 1. The van der Waals surface area contributed by atoms with Crippen molar-refractivity contribution < 1.29 is 33.4 Å². The normalized spacial score (nSPS) is 16.2. The minimum absolute atomic E-state index is 0.0946. The van der Waals surface area contributed by atoms with Gasteiger partial charge in [-0.3, -0.25) is 14.4 Å². The maximum Gasteiger partial charge on any atom is 0.338 e. The topological polar surface area (TPSA) is 111 Å². The maximum atomic E-state index is 12.7. The minimum atomic E-state index is -0.697. The molecule has 0 bridgehead atoms. The Hall–Kier alpha value is -3.72. The average molecular weight is 483 g/mol. The number of carbonyl (C=O) groups excluding carboxylic acids is 4. The molecule has 35 heavy (non-hydrogen) atoms. The van der Waals surface area contributed by atoms with Gasteiger partial charge in [0, 0.05) is 5.56 Å². The number of carbonyl (C=O) groups is 4. The number of methoxy groups -OCH3 is 2. The molecule has 9 heteroatoms. The highest BCUT2D eigenvalue weighted by Gasteiger charge is 2.39. The third kappa shape index (κ3) is 6.05. The Bertz CT molecular complexity index is 1100. The van der Waals surface area contributed by atoms with E-state index in [1.165, 1.54) is 44.6 Å². The number of nitrogens with one attached hydrogen (secondary N) is 1. The summed E-state index contributed by atoms with van der Waals surface area (Å²) in [7, 11) is 2.95. The lowest BCUT2D eigenvalue weighted by atomic mass is 10.1. The van der Waals surface area contributed by atoms with E-state index in [0.29, 0.717) is 35.2 Å². The first-order valence-electron chi connectivity index (χ1n) is 11.4. The SMILES string of the molecule is CCC(C)CNC1CC(=O)N(c2ccc(C(=O)OCC(=O)c3ccc(OC)c(OC)c3)cc2)C1=O. The van der Waals surface area contributed by atoms with E-state index in [1.807, 2.05) is 0 Å². The van der Waals surface area contributed by atoms with Crippen molar-refractivity contribution in [3.8, 4) is 11.5 Å². The molecule has 2 aromatic carbocycles. The third-order valence-corrected chi connectivity index (χ3v) is 5.96. The highest BCUT2D eigenvalue weighted by molar-refractivity contribution is 6.22.